The lowest BCUT2D eigenvalue weighted by atomic mass is 9.76. The van der Waals surface area contributed by atoms with Crippen LogP contribution in [0.15, 0.2) is 18.2 Å². The third kappa shape index (κ3) is 8.83. The van der Waals surface area contributed by atoms with Gasteiger partial charge < -0.3 is 16.0 Å². The molecule has 6 heteroatoms. The maximum Gasteiger partial charge on any atom is 0.251 e. The van der Waals surface area contributed by atoms with Crippen LogP contribution in [-0.4, -0.2) is 23.8 Å². The van der Waals surface area contributed by atoms with Crippen LogP contribution < -0.4 is 16.0 Å². The summed E-state index contributed by atoms with van der Waals surface area (Å²) in [6.45, 7) is 13.6. The van der Waals surface area contributed by atoms with Gasteiger partial charge in [-0.1, -0.05) is 41.5 Å². The molecule has 3 aliphatic rings. The predicted octanol–water partition coefficient (Wildman–Crippen LogP) is 8.43. The van der Waals surface area contributed by atoms with E-state index in [-0.39, 0.29) is 35.6 Å². The highest BCUT2D eigenvalue weighted by Crippen LogP contribution is 2.36. The minimum Gasteiger partial charge on any atom is -0.349 e. The first kappa shape index (κ1) is 32.5. The fourth-order valence-electron chi connectivity index (χ4n) is 7.69. The van der Waals surface area contributed by atoms with Gasteiger partial charge in [-0.25, -0.2) is 0 Å². The van der Waals surface area contributed by atoms with Gasteiger partial charge in [0.1, 0.15) is 0 Å². The topological polar surface area (TPSA) is 87.3 Å². The van der Waals surface area contributed by atoms with Crippen LogP contribution in [0.25, 0.3) is 0 Å². The molecule has 1 aromatic carbocycles. The van der Waals surface area contributed by atoms with Crippen molar-refractivity contribution in [2.75, 3.05) is 10.6 Å². The predicted molar refractivity (Wildman–Crippen MR) is 172 cm³/mol. The Labute approximate surface area is 254 Å². The molecule has 3 N–H and O–H groups in total. The summed E-state index contributed by atoms with van der Waals surface area (Å²) in [5.74, 6) is 3.96. The molecule has 42 heavy (non-hydrogen) atoms. The van der Waals surface area contributed by atoms with Gasteiger partial charge in [-0.05, 0) is 131 Å². The average Bonchev–Trinajstić information content (AvgIpc) is 2.97. The molecule has 3 aliphatic carbocycles. The number of anilines is 2. The third-order valence-electron chi connectivity index (χ3n) is 11.0. The highest BCUT2D eigenvalue weighted by atomic mass is 16.2. The summed E-state index contributed by atoms with van der Waals surface area (Å²) < 4.78 is 0. The summed E-state index contributed by atoms with van der Waals surface area (Å²) in [6.07, 6.45) is 12.2. The van der Waals surface area contributed by atoms with Gasteiger partial charge in [0.2, 0.25) is 11.8 Å². The van der Waals surface area contributed by atoms with Crippen molar-refractivity contribution in [1.82, 2.24) is 5.32 Å². The van der Waals surface area contributed by atoms with E-state index in [2.05, 4.69) is 57.5 Å². The number of amides is 3. The molecule has 3 fully saturated rings. The van der Waals surface area contributed by atoms with Gasteiger partial charge in [-0.2, -0.15) is 0 Å². The molecule has 3 saturated carbocycles. The van der Waals surface area contributed by atoms with Crippen LogP contribution in [0.4, 0.5) is 11.4 Å². The van der Waals surface area contributed by atoms with Gasteiger partial charge in [-0.3, -0.25) is 14.4 Å². The second-order valence-corrected chi connectivity index (χ2v) is 14.8. The average molecular weight is 580 g/mol. The molecule has 0 bridgehead atoms. The summed E-state index contributed by atoms with van der Waals surface area (Å²) >= 11 is 0. The molecule has 234 valence electrons. The van der Waals surface area contributed by atoms with Crippen molar-refractivity contribution < 1.29 is 14.4 Å². The maximum absolute atomic E-state index is 13.5. The normalized spacial score (nSPS) is 28.5. The lowest BCUT2D eigenvalue weighted by molar-refractivity contribution is -0.121. The van der Waals surface area contributed by atoms with E-state index in [0.29, 0.717) is 46.5 Å². The van der Waals surface area contributed by atoms with Crippen LogP contribution in [0.2, 0.25) is 0 Å². The smallest absolute Gasteiger partial charge is 0.251 e. The molecule has 0 aliphatic heterocycles. The number of rotatable bonds is 9. The van der Waals surface area contributed by atoms with Crippen molar-refractivity contribution in [2.24, 2.45) is 47.3 Å². The largest absolute Gasteiger partial charge is 0.349 e. The minimum atomic E-state index is -0.135. The molecule has 0 atom stereocenters. The lowest BCUT2D eigenvalue weighted by Gasteiger charge is -2.31. The molecule has 0 unspecified atom stereocenters. The Hall–Kier alpha value is -2.37. The number of carbonyl (C=O) groups excluding carboxylic acids is 3. The van der Waals surface area contributed by atoms with E-state index >= 15 is 0 Å². The van der Waals surface area contributed by atoms with E-state index in [1.165, 1.54) is 0 Å². The molecule has 3 amide bonds. The fraction of sp³-hybridized carbons (Fsp3) is 0.750. The first-order chi connectivity index (χ1) is 20.0. The van der Waals surface area contributed by atoms with Gasteiger partial charge in [0.05, 0.1) is 0 Å². The number of benzene rings is 1. The van der Waals surface area contributed by atoms with Crippen LogP contribution in [0, 0.1) is 47.3 Å². The van der Waals surface area contributed by atoms with E-state index < -0.39 is 0 Å². The molecule has 1 aromatic rings. The molecule has 0 spiro atoms. The van der Waals surface area contributed by atoms with E-state index in [1.54, 1.807) is 12.1 Å². The lowest BCUT2D eigenvalue weighted by Crippen LogP contribution is -2.38. The summed E-state index contributed by atoms with van der Waals surface area (Å²) in [5, 5.41) is 9.48. The summed E-state index contributed by atoms with van der Waals surface area (Å²) in [4.78, 5) is 40.1. The van der Waals surface area contributed by atoms with Gasteiger partial charge in [-0.15, -0.1) is 0 Å². The molecular formula is C36H57N3O3. The Morgan fingerprint density at radius 1 is 0.548 bits per heavy atom. The molecule has 0 heterocycles. The number of hydrogen-bond acceptors (Lipinski definition) is 3. The number of nitrogens with one attached hydrogen (secondary N) is 3. The monoisotopic (exact) mass is 579 g/mol. The van der Waals surface area contributed by atoms with Crippen molar-refractivity contribution >= 4 is 29.1 Å². The molecule has 4 rings (SSSR count). The Bertz CT molecular complexity index is 996. The quantitative estimate of drug-likeness (QED) is 0.274. The molecular weight excluding hydrogens is 522 g/mol. The molecule has 0 radical (unpaired) electrons. The first-order valence-electron chi connectivity index (χ1n) is 17.1. The highest BCUT2D eigenvalue weighted by molar-refractivity contribution is 6.01. The first-order valence-corrected chi connectivity index (χ1v) is 17.1. The van der Waals surface area contributed by atoms with Crippen LogP contribution in [0.5, 0.6) is 0 Å². The van der Waals surface area contributed by atoms with Gasteiger partial charge in [0.25, 0.3) is 5.91 Å². The van der Waals surface area contributed by atoms with Crippen molar-refractivity contribution in [2.45, 2.75) is 125 Å². The summed E-state index contributed by atoms with van der Waals surface area (Å²) in [5.41, 5.74) is 1.66. The Morgan fingerprint density at radius 2 is 0.905 bits per heavy atom. The van der Waals surface area contributed by atoms with E-state index in [9.17, 15) is 14.4 Å². The number of carbonyl (C=O) groups is 3. The van der Waals surface area contributed by atoms with Crippen LogP contribution in [0.1, 0.15) is 129 Å². The van der Waals surface area contributed by atoms with E-state index in [0.717, 1.165) is 83.0 Å². The van der Waals surface area contributed by atoms with Crippen molar-refractivity contribution in [3.8, 4) is 0 Å². The Kier molecular flexibility index (Phi) is 11.5. The molecule has 0 aromatic heterocycles. The zero-order valence-corrected chi connectivity index (χ0v) is 27.1. The van der Waals surface area contributed by atoms with Crippen LogP contribution in [0.3, 0.4) is 0 Å². The Balaban J connectivity index is 1.45. The minimum absolute atomic E-state index is 0.0113. The van der Waals surface area contributed by atoms with E-state index in [4.69, 9.17) is 0 Å². The van der Waals surface area contributed by atoms with Gasteiger partial charge >= 0.3 is 0 Å². The summed E-state index contributed by atoms with van der Waals surface area (Å²) in [7, 11) is 0. The highest BCUT2D eigenvalue weighted by Gasteiger charge is 2.30. The van der Waals surface area contributed by atoms with Gasteiger partial charge in [0.15, 0.2) is 0 Å². The second-order valence-electron chi connectivity index (χ2n) is 14.8. The standard InChI is InChI=1S/C36H57N3O3/c1-22(2)25-7-11-28(12-8-25)34(40)38-32-19-30(36(42)37-31-17-15-27(16-18-31)24(5)6)20-33(21-32)39-35(41)29-13-9-26(10-14-29)23(3)4/h19-29,31H,7-18H2,1-6H3,(H,37,42)(H,38,40)(H,39,41)/t25-,26-,27-,28+,29+,31+. The third-order valence-corrected chi connectivity index (χ3v) is 11.0. The SMILES string of the molecule is CC(C)[C@H]1CC[C@@H](NC(=O)c2cc(NC(=O)[C@H]3CC[C@@H](C(C)C)CC3)cc(NC(=O)[C@H]3CC[C@@H](C(C)C)CC3)c2)CC1. The zero-order chi connectivity index (χ0) is 30.4. The van der Waals surface area contributed by atoms with Crippen molar-refractivity contribution in [1.29, 1.82) is 0 Å². The van der Waals surface area contributed by atoms with Crippen LogP contribution >= 0.6 is 0 Å². The molecule has 0 saturated heterocycles. The van der Waals surface area contributed by atoms with E-state index in [1.807, 2.05) is 6.07 Å². The van der Waals surface area contributed by atoms with Crippen molar-refractivity contribution in [3.05, 3.63) is 23.8 Å². The van der Waals surface area contributed by atoms with Gasteiger partial charge in [0, 0.05) is 34.8 Å². The molecule has 6 nitrogen and oxygen atoms in total. The summed E-state index contributed by atoms with van der Waals surface area (Å²) in [6, 6.07) is 5.53. The Morgan fingerprint density at radius 3 is 1.26 bits per heavy atom. The van der Waals surface area contributed by atoms with Crippen LogP contribution in [-0.2, 0) is 9.59 Å². The fourth-order valence-corrected chi connectivity index (χ4v) is 7.69. The number of hydrogen-bond donors (Lipinski definition) is 3. The second kappa shape index (κ2) is 14.9. The maximum atomic E-state index is 13.5. The van der Waals surface area contributed by atoms with Crippen molar-refractivity contribution in [3.63, 3.8) is 0 Å². The zero-order valence-electron chi connectivity index (χ0n) is 27.1.